The summed E-state index contributed by atoms with van der Waals surface area (Å²) < 4.78 is 1.77. The molecular formula is C5H5N3S. The molecule has 1 aliphatic rings. The third-order valence-electron chi connectivity index (χ3n) is 1.08. The van der Waals surface area contributed by atoms with Gasteiger partial charge in [0.1, 0.15) is 0 Å². The second kappa shape index (κ2) is 1.88. The van der Waals surface area contributed by atoms with Gasteiger partial charge in [-0.25, -0.2) is 9.66 Å². The maximum atomic E-state index is 4.07. The fourth-order valence-electron chi connectivity index (χ4n) is 0.708. The third kappa shape index (κ3) is 0.751. The highest BCUT2D eigenvalue weighted by Gasteiger charge is 2.03. The van der Waals surface area contributed by atoms with Crippen LogP contribution in [-0.4, -0.2) is 21.6 Å². The molecule has 1 aliphatic heterocycles. The number of imidazole rings is 1. The van der Waals surface area contributed by atoms with Gasteiger partial charge in [-0.1, -0.05) is 11.8 Å². The van der Waals surface area contributed by atoms with Crippen LogP contribution in [0.3, 0.4) is 0 Å². The van der Waals surface area contributed by atoms with Gasteiger partial charge in [-0.15, -0.1) is 0 Å². The molecule has 0 bridgehead atoms. The largest absolute Gasteiger partial charge is 0.230 e. The Kier molecular flexibility index (Phi) is 1.05. The molecule has 0 radical (unpaired) electrons. The topological polar surface area (TPSA) is 30.2 Å². The van der Waals surface area contributed by atoms with E-state index < -0.39 is 0 Å². The SMILES string of the molecule is C1=Nn2ccnc2SC1. The monoisotopic (exact) mass is 139 g/mol. The van der Waals surface area contributed by atoms with E-state index in [0.717, 1.165) is 10.9 Å². The van der Waals surface area contributed by atoms with Crippen LogP contribution in [0, 0.1) is 0 Å². The predicted octanol–water partition coefficient (Wildman–Crippen LogP) is 0.823. The van der Waals surface area contributed by atoms with Gasteiger partial charge in [0.25, 0.3) is 0 Å². The Morgan fingerprint density at radius 1 is 1.67 bits per heavy atom. The van der Waals surface area contributed by atoms with Crippen LogP contribution in [0.25, 0.3) is 0 Å². The highest BCUT2D eigenvalue weighted by molar-refractivity contribution is 7.99. The highest BCUT2D eigenvalue weighted by atomic mass is 32.2. The Balaban J connectivity index is 2.53. The van der Waals surface area contributed by atoms with Gasteiger partial charge in [-0.2, -0.15) is 5.10 Å². The van der Waals surface area contributed by atoms with Crippen molar-refractivity contribution < 1.29 is 0 Å². The third-order valence-corrected chi connectivity index (χ3v) is 1.95. The molecule has 4 heteroatoms. The summed E-state index contributed by atoms with van der Waals surface area (Å²) in [7, 11) is 0. The first-order valence-corrected chi connectivity index (χ1v) is 3.64. The maximum absolute atomic E-state index is 4.07. The summed E-state index contributed by atoms with van der Waals surface area (Å²) in [6.45, 7) is 0. The van der Waals surface area contributed by atoms with Crippen LogP contribution in [0.2, 0.25) is 0 Å². The zero-order valence-corrected chi connectivity index (χ0v) is 5.51. The van der Waals surface area contributed by atoms with Crippen LogP contribution in [-0.2, 0) is 0 Å². The molecule has 0 fully saturated rings. The van der Waals surface area contributed by atoms with Gasteiger partial charge >= 0.3 is 0 Å². The fourth-order valence-corrected chi connectivity index (χ4v) is 1.37. The standard InChI is InChI=1S/C5H5N3S/c1-3-8-5(6-1)9-4-2-7-8/h1-3H,4H2. The Bertz CT molecular complexity index is 240. The Hall–Kier alpha value is -0.770. The lowest BCUT2D eigenvalue weighted by atomic mass is 10.9. The molecule has 2 heterocycles. The first kappa shape index (κ1) is 5.05. The molecule has 2 rings (SSSR count). The van der Waals surface area contributed by atoms with Gasteiger partial charge < -0.3 is 0 Å². The fraction of sp³-hybridized carbons (Fsp3) is 0.200. The second-order valence-electron chi connectivity index (χ2n) is 1.66. The summed E-state index contributed by atoms with van der Waals surface area (Å²) in [5.41, 5.74) is 0. The Morgan fingerprint density at radius 3 is 3.56 bits per heavy atom. The number of nitrogens with zero attached hydrogens (tertiary/aromatic N) is 3. The van der Waals surface area contributed by atoms with Crippen LogP contribution in [0.15, 0.2) is 22.7 Å². The number of rotatable bonds is 0. The molecule has 0 spiro atoms. The molecule has 1 aromatic heterocycles. The molecule has 0 saturated heterocycles. The second-order valence-corrected chi connectivity index (χ2v) is 2.65. The van der Waals surface area contributed by atoms with Crippen LogP contribution in [0.4, 0.5) is 0 Å². The summed E-state index contributed by atoms with van der Waals surface area (Å²) in [6.07, 6.45) is 5.47. The Labute approximate surface area is 56.8 Å². The van der Waals surface area contributed by atoms with Gasteiger partial charge in [-0.05, 0) is 0 Å². The minimum absolute atomic E-state index is 0.941. The molecule has 0 aromatic carbocycles. The van der Waals surface area contributed by atoms with Crippen molar-refractivity contribution >= 4 is 18.0 Å². The molecular weight excluding hydrogens is 134 g/mol. The lowest BCUT2D eigenvalue weighted by Crippen LogP contribution is -1.98. The molecule has 0 atom stereocenters. The van der Waals surface area contributed by atoms with Crippen molar-refractivity contribution in [3.8, 4) is 0 Å². The normalized spacial score (nSPS) is 15.6. The van der Waals surface area contributed by atoms with Gasteiger partial charge in [-0.3, -0.25) is 0 Å². The number of fused-ring (bicyclic) bond motifs is 1. The molecule has 0 amide bonds. The lowest BCUT2D eigenvalue weighted by Gasteiger charge is -2.02. The van der Waals surface area contributed by atoms with Crippen LogP contribution in [0.5, 0.6) is 0 Å². The van der Waals surface area contributed by atoms with Gasteiger partial charge in [0, 0.05) is 24.4 Å². The minimum atomic E-state index is 0.941. The molecule has 0 N–H and O–H groups in total. The van der Waals surface area contributed by atoms with Crippen molar-refractivity contribution in [3.63, 3.8) is 0 Å². The smallest absolute Gasteiger partial charge is 0.189 e. The van der Waals surface area contributed by atoms with E-state index in [9.17, 15) is 0 Å². The summed E-state index contributed by atoms with van der Waals surface area (Å²) in [6, 6.07) is 0. The summed E-state index contributed by atoms with van der Waals surface area (Å²) in [5.74, 6) is 0.941. The first-order valence-electron chi connectivity index (χ1n) is 2.66. The van der Waals surface area contributed by atoms with E-state index >= 15 is 0 Å². The van der Waals surface area contributed by atoms with E-state index in [1.165, 1.54) is 0 Å². The molecule has 3 nitrogen and oxygen atoms in total. The van der Waals surface area contributed by atoms with E-state index in [2.05, 4.69) is 10.1 Å². The van der Waals surface area contributed by atoms with E-state index in [4.69, 9.17) is 0 Å². The van der Waals surface area contributed by atoms with E-state index in [1.54, 1.807) is 22.6 Å². The molecule has 1 aromatic rings. The van der Waals surface area contributed by atoms with Crippen LogP contribution in [0.1, 0.15) is 0 Å². The number of hydrogen-bond donors (Lipinski definition) is 0. The molecule has 0 unspecified atom stereocenters. The average molecular weight is 139 g/mol. The van der Waals surface area contributed by atoms with E-state index in [1.807, 2.05) is 12.4 Å². The first-order chi connectivity index (χ1) is 4.47. The lowest BCUT2D eigenvalue weighted by molar-refractivity contribution is 0.762. The van der Waals surface area contributed by atoms with Crippen molar-refractivity contribution in [1.82, 2.24) is 9.66 Å². The zero-order chi connectivity index (χ0) is 6.10. The Morgan fingerprint density at radius 2 is 2.67 bits per heavy atom. The van der Waals surface area contributed by atoms with Crippen molar-refractivity contribution in [3.05, 3.63) is 12.4 Å². The summed E-state index contributed by atoms with van der Waals surface area (Å²) in [5, 5.41) is 5.05. The minimum Gasteiger partial charge on any atom is -0.230 e. The number of hydrogen-bond acceptors (Lipinski definition) is 3. The van der Waals surface area contributed by atoms with Crippen molar-refractivity contribution in [2.45, 2.75) is 5.16 Å². The van der Waals surface area contributed by atoms with Gasteiger partial charge in [0.05, 0.1) is 0 Å². The van der Waals surface area contributed by atoms with Crippen LogP contribution < -0.4 is 0 Å². The van der Waals surface area contributed by atoms with Crippen molar-refractivity contribution in [2.75, 3.05) is 5.75 Å². The van der Waals surface area contributed by atoms with E-state index in [0.29, 0.717) is 0 Å². The zero-order valence-electron chi connectivity index (χ0n) is 4.69. The quantitative estimate of drug-likeness (QED) is 0.532. The molecule has 9 heavy (non-hydrogen) atoms. The average Bonchev–Trinajstić information content (AvgIpc) is 2.33. The molecule has 0 saturated carbocycles. The summed E-state index contributed by atoms with van der Waals surface area (Å²) >= 11 is 1.70. The van der Waals surface area contributed by atoms with Gasteiger partial charge in [0.2, 0.25) is 0 Å². The van der Waals surface area contributed by atoms with Crippen molar-refractivity contribution in [2.24, 2.45) is 5.10 Å². The van der Waals surface area contributed by atoms with Gasteiger partial charge in [0.15, 0.2) is 5.16 Å². The van der Waals surface area contributed by atoms with E-state index in [-0.39, 0.29) is 0 Å². The maximum Gasteiger partial charge on any atom is 0.189 e. The van der Waals surface area contributed by atoms with Crippen LogP contribution >= 0.6 is 11.8 Å². The number of thioether (sulfide) groups is 1. The predicted molar refractivity (Wildman–Crippen MR) is 36.8 cm³/mol. The number of aromatic nitrogens is 2. The molecule has 0 aliphatic carbocycles. The van der Waals surface area contributed by atoms with Crippen molar-refractivity contribution in [1.29, 1.82) is 0 Å². The summed E-state index contributed by atoms with van der Waals surface area (Å²) in [4.78, 5) is 4.07. The molecule has 46 valence electrons. The highest BCUT2D eigenvalue weighted by Crippen LogP contribution is 2.16.